The zero-order chi connectivity index (χ0) is 27.8. The second kappa shape index (κ2) is 13.2. The molecule has 200 valence electrons. The average molecular weight is 580 g/mol. The Morgan fingerprint density at radius 2 is 1.90 bits per heavy atom. The van der Waals surface area contributed by atoms with E-state index in [-0.39, 0.29) is 16.8 Å². The Morgan fingerprint density at radius 1 is 1.10 bits per heavy atom. The molecule has 0 radical (unpaired) electrons. The lowest BCUT2D eigenvalue weighted by Crippen LogP contribution is -2.24. The van der Waals surface area contributed by atoms with Crippen LogP contribution in [-0.2, 0) is 4.79 Å². The number of non-ortho nitro benzene ring substituents is 1. The Bertz CT molecular complexity index is 1490. The van der Waals surface area contributed by atoms with Crippen LogP contribution in [0.25, 0.3) is 11.3 Å². The molecule has 4 aromatic rings. The molecule has 0 saturated heterocycles. The molecule has 0 aliphatic heterocycles. The zero-order valence-electron chi connectivity index (χ0n) is 21.0. The Hall–Kier alpha value is -4.00. The number of nitro groups is 1. The van der Waals surface area contributed by atoms with Gasteiger partial charge in [-0.3, -0.25) is 14.9 Å². The minimum atomic E-state index is -0.448. The summed E-state index contributed by atoms with van der Waals surface area (Å²) < 4.78 is 5.35. The fourth-order valence-corrected chi connectivity index (χ4v) is 5.56. The van der Waals surface area contributed by atoms with E-state index in [1.807, 2.05) is 55.5 Å². The van der Waals surface area contributed by atoms with Gasteiger partial charge in [0.2, 0.25) is 5.91 Å². The number of hydrogen-bond acceptors (Lipinski definition) is 8. The summed E-state index contributed by atoms with van der Waals surface area (Å²) >= 11 is 8.18. The van der Waals surface area contributed by atoms with E-state index < -0.39 is 4.92 Å². The van der Waals surface area contributed by atoms with E-state index in [0.29, 0.717) is 33.7 Å². The number of nitro benzene ring substituents is 1. The van der Waals surface area contributed by atoms with Crippen molar-refractivity contribution in [3.63, 3.8) is 0 Å². The summed E-state index contributed by atoms with van der Waals surface area (Å²) in [5, 5.41) is 22.5. The maximum absolute atomic E-state index is 13.1. The molecule has 1 atom stereocenters. The number of methoxy groups -OCH3 is 1. The summed E-state index contributed by atoms with van der Waals surface area (Å²) in [6.07, 6.45) is 0.602. The van der Waals surface area contributed by atoms with Crippen molar-refractivity contribution in [2.24, 2.45) is 0 Å². The van der Waals surface area contributed by atoms with E-state index in [1.54, 1.807) is 24.6 Å². The first-order valence-corrected chi connectivity index (χ1v) is 14.0. The van der Waals surface area contributed by atoms with Gasteiger partial charge >= 0.3 is 0 Å². The summed E-state index contributed by atoms with van der Waals surface area (Å²) in [5.74, 6) is 0.509. The van der Waals surface area contributed by atoms with Gasteiger partial charge in [-0.1, -0.05) is 37.3 Å². The van der Waals surface area contributed by atoms with Crippen molar-refractivity contribution in [1.82, 2.24) is 4.98 Å². The van der Waals surface area contributed by atoms with E-state index >= 15 is 0 Å². The van der Waals surface area contributed by atoms with Crippen molar-refractivity contribution < 1.29 is 14.5 Å². The smallest absolute Gasteiger partial charge is 0.270 e. The number of thioether (sulfide) groups is 1. The summed E-state index contributed by atoms with van der Waals surface area (Å²) in [6.45, 7) is 1.95. The third-order valence-corrected chi connectivity index (χ3v) is 7.80. The number of carbonyl (C=O) groups is 1. The lowest BCUT2D eigenvalue weighted by atomic mass is 10.1. The molecule has 9 nitrogen and oxygen atoms in total. The Balaban J connectivity index is 1.38. The van der Waals surface area contributed by atoms with Gasteiger partial charge in [0.05, 0.1) is 28.7 Å². The van der Waals surface area contributed by atoms with Crippen LogP contribution in [-0.4, -0.2) is 33.3 Å². The van der Waals surface area contributed by atoms with Crippen LogP contribution in [0.15, 0.2) is 83.1 Å². The Kier molecular flexibility index (Phi) is 9.47. The molecule has 0 bridgehead atoms. The molecular formula is C27H25N5O4S3. The molecule has 0 aliphatic carbocycles. The number of para-hydroxylation sites is 2. The highest BCUT2D eigenvalue weighted by atomic mass is 32.2. The van der Waals surface area contributed by atoms with E-state index in [1.165, 1.54) is 35.2 Å². The molecule has 0 saturated carbocycles. The molecule has 3 N–H and O–H groups in total. The van der Waals surface area contributed by atoms with Crippen LogP contribution in [0.3, 0.4) is 0 Å². The number of rotatable bonds is 10. The number of benzene rings is 3. The molecule has 4 rings (SSSR count). The number of nitrogens with zero attached hydrogens (tertiary/aromatic N) is 2. The van der Waals surface area contributed by atoms with Gasteiger partial charge in [-0.05, 0) is 49.0 Å². The van der Waals surface area contributed by atoms with E-state index in [9.17, 15) is 14.9 Å². The largest absolute Gasteiger partial charge is 0.495 e. The molecule has 1 amide bonds. The fourth-order valence-electron chi connectivity index (χ4n) is 3.59. The predicted octanol–water partition coefficient (Wildman–Crippen LogP) is 7.05. The molecule has 0 spiro atoms. The first kappa shape index (κ1) is 28.0. The van der Waals surface area contributed by atoms with E-state index in [0.717, 1.165) is 16.3 Å². The van der Waals surface area contributed by atoms with Crippen molar-refractivity contribution in [2.75, 3.05) is 23.1 Å². The van der Waals surface area contributed by atoms with Gasteiger partial charge < -0.3 is 20.7 Å². The van der Waals surface area contributed by atoms with Crippen molar-refractivity contribution in [3.8, 4) is 17.0 Å². The molecule has 39 heavy (non-hydrogen) atoms. The number of amides is 1. The number of carbonyl (C=O) groups excluding carboxylic acids is 1. The summed E-state index contributed by atoms with van der Waals surface area (Å²) in [4.78, 5) is 29.0. The van der Waals surface area contributed by atoms with Crippen molar-refractivity contribution in [3.05, 3.63) is 88.3 Å². The predicted molar refractivity (Wildman–Crippen MR) is 162 cm³/mol. The van der Waals surface area contributed by atoms with E-state index in [4.69, 9.17) is 17.0 Å². The number of nitrogens with one attached hydrogen (secondary N) is 3. The molecular weight excluding hydrogens is 555 g/mol. The fraction of sp³-hybridized carbons (Fsp3) is 0.148. The van der Waals surface area contributed by atoms with Crippen molar-refractivity contribution in [1.29, 1.82) is 0 Å². The third-order valence-electron chi connectivity index (χ3n) is 5.48. The zero-order valence-corrected chi connectivity index (χ0v) is 23.5. The first-order valence-electron chi connectivity index (χ1n) is 11.8. The van der Waals surface area contributed by atoms with Gasteiger partial charge in [-0.25, -0.2) is 4.98 Å². The highest BCUT2D eigenvalue weighted by molar-refractivity contribution is 8.00. The minimum Gasteiger partial charge on any atom is -0.495 e. The summed E-state index contributed by atoms with van der Waals surface area (Å²) in [6, 6.07) is 21.4. The molecule has 0 aliphatic rings. The van der Waals surface area contributed by atoms with Crippen LogP contribution in [0.2, 0.25) is 0 Å². The summed E-state index contributed by atoms with van der Waals surface area (Å²) in [7, 11) is 1.60. The van der Waals surface area contributed by atoms with Gasteiger partial charge in [0.25, 0.3) is 5.69 Å². The van der Waals surface area contributed by atoms with Crippen LogP contribution >= 0.6 is 35.3 Å². The quantitative estimate of drug-likeness (QED) is 0.0786. The minimum absolute atomic E-state index is 0.0124. The lowest BCUT2D eigenvalue weighted by Gasteiger charge is -2.16. The number of ether oxygens (including phenoxy) is 1. The van der Waals surface area contributed by atoms with Crippen LogP contribution in [0.5, 0.6) is 5.75 Å². The highest BCUT2D eigenvalue weighted by Gasteiger charge is 2.20. The van der Waals surface area contributed by atoms with Crippen molar-refractivity contribution in [2.45, 2.75) is 23.5 Å². The maximum Gasteiger partial charge on any atom is 0.270 e. The van der Waals surface area contributed by atoms with Crippen LogP contribution in [0, 0.1) is 10.1 Å². The molecule has 0 fully saturated rings. The lowest BCUT2D eigenvalue weighted by molar-refractivity contribution is -0.384. The molecule has 1 heterocycles. The Morgan fingerprint density at radius 3 is 2.67 bits per heavy atom. The highest BCUT2D eigenvalue weighted by Crippen LogP contribution is 2.31. The maximum atomic E-state index is 13.1. The van der Waals surface area contributed by atoms with Gasteiger partial charge in [-0.15, -0.1) is 23.1 Å². The van der Waals surface area contributed by atoms with Gasteiger partial charge in [-0.2, -0.15) is 0 Å². The first-order chi connectivity index (χ1) is 18.9. The normalized spacial score (nSPS) is 11.3. The van der Waals surface area contributed by atoms with Crippen molar-refractivity contribution >= 4 is 68.5 Å². The molecule has 3 aromatic carbocycles. The second-order valence-corrected chi connectivity index (χ2v) is 10.7. The number of thiazole rings is 1. The summed E-state index contributed by atoms with van der Waals surface area (Å²) in [5.41, 5.74) is 2.70. The van der Waals surface area contributed by atoms with Gasteiger partial charge in [0.1, 0.15) is 5.75 Å². The number of anilines is 3. The van der Waals surface area contributed by atoms with E-state index in [2.05, 4.69) is 20.9 Å². The SMILES string of the molecule is CCC(Sc1cccc(NC(=S)Nc2ccccc2OC)c1)C(=O)Nc1nc(-c2cccc([N+](=O)[O-])c2)cs1. The number of thiocarbonyl (C=S) groups is 1. The van der Waals surface area contributed by atoms with Gasteiger partial charge in [0, 0.05) is 33.7 Å². The standard InChI is InChI=1S/C27H25N5O4S3/c1-3-24(25(33)31-27-30-22(16-38-27)17-8-6-10-19(14-17)32(34)35)39-20-11-7-9-18(15-20)28-26(37)29-21-12-4-5-13-23(21)36-2/h4-16,24H,3H2,1-2H3,(H2,28,29,37)(H,30,31,33). The second-order valence-electron chi connectivity index (χ2n) is 8.16. The number of aromatic nitrogens is 1. The number of hydrogen-bond donors (Lipinski definition) is 3. The van der Waals surface area contributed by atoms with Gasteiger partial charge in [0.15, 0.2) is 10.2 Å². The third kappa shape index (κ3) is 7.53. The van der Waals surface area contributed by atoms with Crippen LogP contribution in [0.1, 0.15) is 13.3 Å². The Labute approximate surface area is 239 Å². The molecule has 1 unspecified atom stereocenters. The average Bonchev–Trinajstić information content (AvgIpc) is 3.40. The molecule has 12 heteroatoms. The van der Waals surface area contributed by atoms with Crippen LogP contribution in [0.4, 0.5) is 22.2 Å². The topological polar surface area (TPSA) is 118 Å². The molecule has 1 aromatic heterocycles. The monoisotopic (exact) mass is 579 g/mol. The van der Waals surface area contributed by atoms with Crippen LogP contribution < -0.4 is 20.7 Å².